The second-order valence-corrected chi connectivity index (χ2v) is 10.0. The van der Waals surface area contributed by atoms with Gasteiger partial charge in [0.25, 0.3) is 5.91 Å². The van der Waals surface area contributed by atoms with E-state index in [9.17, 15) is 4.79 Å². The van der Waals surface area contributed by atoms with Crippen LogP contribution in [-0.2, 0) is 13.5 Å². The molecule has 7 nitrogen and oxygen atoms in total. The lowest BCUT2D eigenvalue weighted by Gasteiger charge is -2.21. The minimum absolute atomic E-state index is 0.220. The number of thioether (sulfide) groups is 1. The lowest BCUT2D eigenvalue weighted by atomic mass is 9.91. The smallest absolute Gasteiger partial charge is 0.252 e. The Kier molecular flexibility index (Phi) is 8.69. The first-order chi connectivity index (χ1) is 17.1. The summed E-state index contributed by atoms with van der Waals surface area (Å²) in [5.41, 5.74) is 1.58. The standard InChI is InChI=1S/C27H34N4O3S/c1-31-25(29-30-27(31)35-18-20-12-8-5-9-13-20)24(14-19-10-6-4-7-11-19)28-26(32)21-15-22(33-2)17-23(16-21)34-3/h4,6-7,10-11,15-17,20,24H,5,8-9,12-14,18H2,1-3H3,(H,28,32). The fraction of sp³-hybridized carbons (Fsp3) is 0.444. The van der Waals surface area contributed by atoms with Crippen LogP contribution in [0.2, 0.25) is 0 Å². The van der Waals surface area contributed by atoms with Crippen molar-refractivity contribution >= 4 is 17.7 Å². The molecule has 3 aromatic rings. The molecular weight excluding hydrogens is 460 g/mol. The molecule has 0 saturated heterocycles. The minimum Gasteiger partial charge on any atom is -0.497 e. The summed E-state index contributed by atoms with van der Waals surface area (Å²) in [5, 5.41) is 13.1. The van der Waals surface area contributed by atoms with Crippen molar-refractivity contribution in [1.82, 2.24) is 20.1 Å². The molecule has 1 aliphatic rings. The maximum Gasteiger partial charge on any atom is 0.252 e. The van der Waals surface area contributed by atoms with Crippen LogP contribution in [0, 0.1) is 5.92 Å². The first-order valence-electron chi connectivity index (χ1n) is 12.2. The van der Waals surface area contributed by atoms with E-state index in [2.05, 4.69) is 27.6 Å². The van der Waals surface area contributed by atoms with E-state index in [0.717, 1.165) is 28.2 Å². The van der Waals surface area contributed by atoms with E-state index in [0.29, 0.717) is 23.5 Å². The van der Waals surface area contributed by atoms with Gasteiger partial charge >= 0.3 is 0 Å². The van der Waals surface area contributed by atoms with E-state index in [1.807, 2.05) is 29.8 Å². The number of carbonyl (C=O) groups is 1. The lowest BCUT2D eigenvalue weighted by Crippen LogP contribution is -2.32. The van der Waals surface area contributed by atoms with Crippen LogP contribution in [0.5, 0.6) is 11.5 Å². The Hall–Kier alpha value is -3.00. The van der Waals surface area contributed by atoms with Gasteiger partial charge in [0.1, 0.15) is 11.5 Å². The zero-order valence-electron chi connectivity index (χ0n) is 20.7. The highest BCUT2D eigenvalue weighted by Gasteiger charge is 2.24. The zero-order chi connectivity index (χ0) is 24.6. The molecule has 8 heteroatoms. The topological polar surface area (TPSA) is 78.3 Å². The highest BCUT2D eigenvalue weighted by atomic mass is 32.2. The Bertz CT molecular complexity index is 1090. The number of aromatic nitrogens is 3. The first kappa shape index (κ1) is 25.1. The predicted molar refractivity (Wildman–Crippen MR) is 138 cm³/mol. The summed E-state index contributed by atoms with van der Waals surface area (Å²) in [5.74, 6) is 3.46. The Morgan fingerprint density at radius 2 is 1.74 bits per heavy atom. The number of rotatable bonds is 10. The monoisotopic (exact) mass is 494 g/mol. The normalized spacial score (nSPS) is 14.9. The average molecular weight is 495 g/mol. The van der Waals surface area contributed by atoms with E-state index in [4.69, 9.17) is 9.47 Å². The van der Waals surface area contributed by atoms with Crippen LogP contribution in [0.15, 0.2) is 53.7 Å². The summed E-state index contributed by atoms with van der Waals surface area (Å²) in [7, 11) is 5.12. The number of methoxy groups -OCH3 is 2. The Morgan fingerprint density at radius 3 is 2.40 bits per heavy atom. The molecule has 1 atom stereocenters. The molecule has 1 aromatic heterocycles. The molecule has 1 unspecified atom stereocenters. The fourth-order valence-corrected chi connectivity index (χ4v) is 5.64. The van der Waals surface area contributed by atoms with Crippen LogP contribution in [0.25, 0.3) is 0 Å². The summed E-state index contributed by atoms with van der Waals surface area (Å²) >= 11 is 1.77. The van der Waals surface area contributed by atoms with Crippen molar-refractivity contribution in [3.8, 4) is 11.5 Å². The molecule has 2 aromatic carbocycles. The molecule has 0 spiro atoms. The fourth-order valence-electron chi connectivity index (χ4n) is 4.54. The summed E-state index contributed by atoms with van der Waals surface area (Å²) in [6.07, 6.45) is 7.22. The molecule has 0 radical (unpaired) electrons. The SMILES string of the molecule is COc1cc(OC)cc(C(=O)NC(Cc2ccccc2)c2nnc(SCC3CCCCC3)n2C)c1. The van der Waals surface area contributed by atoms with Gasteiger partial charge in [-0.05, 0) is 42.9 Å². The number of carbonyl (C=O) groups excluding carboxylic acids is 1. The summed E-state index contributed by atoms with van der Waals surface area (Å²) in [4.78, 5) is 13.3. The van der Waals surface area contributed by atoms with Crippen molar-refractivity contribution in [3.63, 3.8) is 0 Å². The summed E-state index contributed by atoms with van der Waals surface area (Å²) < 4.78 is 12.7. The molecule has 0 bridgehead atoms. The van der Waals surface area contributed by atoms with Gasteiger partial charge in [-0.15, -0.1) is 10.2 Å². The van der Waals surface area contributed by atoms with Crippen molar-refractivity contribution in [3.05, 3.63) is 65.5 Å². The summed E-state index contributed by atoms with van der Waals surface area (Å²) in [6, 6.07) is 14.9. The summed E-state index contributed by atoms with van der Waals surface area (Å²) in [6.45, 7) is 0. The van der Waals surface area contributed by atoms with Gasteiger partial charge in [-0.25, -0.2) is 0 Å². The van der Waals surface area contributed by atoms with Crippen molar-refractivity contribution in [2.45, 2.75) is 49.7 Å². The molecule has 1 fully saturated rings. The number of benzene rings is 2. The number of nitrogens with zero attached hydrogens (tertiary/aromatic N) is 3. The Morgan fingerprint density at radius 1 is 1.06 bits per heavy atom. The molecule has 186 valence electrons. The van der Waals surface area contributed by atoms with Crippen LogP contribution >= 0.6 is 11.8 Å². The second-order valence-electron chi connectivity index (χ2n) is 9.03. The Labute approximate surface area is 211 Å². The lowest BCUT2D eigenvalue weighted by molar-refractivity contribution is 0.0933. The van der Waals surface area contributed by atoms with Gasteiger partial charge < -0.3 is 19.4 Å². The quantitative estimate of drug-likeness (QED) is 0.390. The van der Waals surface area contributed by atoms with Crippen LogP contribution in [-0.4, -0.2) is 40.6 Å². The van der Waals surface area contributed by atoms with E-state index < -0.39 is 0 Å². The van der Waals surface area contributed by atoms with Gasteiger partial charge in [0.05, 0.1) is 20.3 Å². The molecule has 1 N–H and O–H groups in total. The number of hydrogen-bond acceptors (Lipinski definition) is 6. The van der Waals surface area contributed by atoms with E-state index in [1.54, 1.807) is 44.2 Å². The third-order valence-corrected chi connectivity index (χ3v) is 7.81. The maximum absolute atomic E-state index is 13.3. The first-order valence-corrected chi connectivity index (χ1v) is 13.2. The van der Waals surface area contributed by atoms with Gasteiger partial charge in [0.2, 0.25) is 0 Å². The third-order valence-electron chi connectivity index (χ3n) is 6.55. The van der Waals surface area contributed by atoms with Crippen LogP contribution in [0.3, 0.4) is 0 Å². The molecule has 1 amide bonds. The van der Waals surface area contributed by atoms with Crippen molar-refractivity contribution in [1.29, 1.82) is 0 Å². The highest BCUT2D eigenvalue weighted by molar-refractivity contribution is 7.99. The number of amides is 1. The van der Waals surface area contributed by atoms with Crippen LogP contribution < -0.4 is 14.8 Å². The molecule has 1 saturated carbocycles. The van der Waals surface area contributed by atoms with Gasteiger partial charge in [0, 0.05) is 24.4 Å². The second kappa shape index (κ2) is 12.1. The number of ether oxygens (including phenoxy) is 2. The maximum atomic E-state index is 13.3. The Balaban J connectivity index is 1.55. The van der Waals surface area contributed by atoms with Crippen LogP contribution in [0.4, 0.5) is 0 Å². The van der Waals surface area contributed by atoms with Crippen LogP contribution in [0.1, 0.15) is 59.9 Å². The van der Waals surface area contributed by atoms with Gasteiger partial charge in [-0.2, -0.15) is 0 Å². The van der Waals surface area contributed by atoms with Gasteiger partial charge in [-0.1, -0.05) is 61.4 Å². The third kappa shape index (κ3) is 6.57. The van der Waals surface area contributed by atoms with E-state index in [1.165, 1.54) is 32.1 Å². The zero-order valence-corrected chi connectivity index (χ0v) is 21.5. The minimum atomic E-state index is -0.344. The van der Waals surface area contributed by atoms with Crippen molar-refractivity contribution in [2.75, 3.05) is 20.0 Å². The van der Waals surface area contributed by atoms with E-state index >= 15 is 0 Å². The predicted octanol–water partition coefficient (Wildman–Crippen LogP) is 5.22. The highest BCUT2D eigenvalue weighted by Crippen LogP contribution is 2.30. The molecule has 1 heterocycles. The van der Waals surface area contributed by atoms with E-state index in [-0.39, 0.29) is 11.9 Å². The molecule has 1 aliphatic carbocycles. The van der Waals surface area contributed by atoms with Gasteiger partial charge in [-0.3, -0.25) is 4.79 Å². The largest absolute Gasteiger partial charge is 0.497 e. The molecular formula is C27H34N4O3S. The molecule has 0 aliphatic heterocycles. The number of hydrogen-bond donors (Lipinski definition) is 1. The average Bonchev–Trinajstić information content (AvgIpc) is 3.27. The van der Waals surface area contributed by atoms with Gasteiger partial charge in [0.15, 0.2) is 11.0 Å². The number of nitrogens with one attached hydrogen (secondary N) is 1. The molecule has 4 rings (SSSR count). The van der Waals surface area contributed by atoms with Crippen molar-refractivity contribution in [2.24, 2.45) is 13.0 Å². The molecule has 35 heavy (non-hydrogen) atoms. The van der Waals surface area contributed by atoms with Crippen molar-refractivity contribution < 1.29 is 14.3 Å².